The zero-order valence-corrected chi connectivity index (χ0v) is 13.5. The molecule has 0 aliphatic carbocycles. The first-order valence-corrected chi connectivity index (χ1v) is 8.61. The molecule has 3 heterocycles. The number of nitrogens with zero attached hydrogens (tertiary/aromatic N) is 3. The summed E-state index contributed by atoms with van der Waals surface area (Å²) in [5.41, 5.74) is 5.28. The van der Waals surface area contributed by atoms with Gasteiger partial charge in [-0.25, -0.2) is 4.98 Å². The van der Waals surface area contributed by atoms with E-state index in [0.29, 0.717) is 0 Å². The van der Waals surface area contributed by atoms with E-state index in [1.165, 1.54) is 4.90 Å². The zero-order chi connectivity index (χ0) is 15.6. The van der Waals surface area contributed by atoms with Crippen LogP contribution in [-0.2, 0) is 0 Å². The van der Waals surface area contributed by atoms with Crippen LogP contribution >= 0.6 is 11.8 Å². The fraction of sp³-hybridized carbons (Fsp3) is 0.0526. The van der Waals surface area contributed by atoms with E-state index in [9.17, 15) is 0 Å². The third-order valence-electron chi connectivity index (χ3n) is 3.85. The Hall–Kier alpha value is -2.59. The highest BCUT2D eigenvalue weighted by Crippen LogP contribution is 2.33. The van der Waals surface area contributed by atoms with E-state index in [0.717, 1.165) is 28.2 Å². The maximum absolute atomic E-state index is 4.85. The highest BCUT2D eigenvalue weighted by atomic mass is 32.2. The lowest BCUT2D eigenvalue weighted by Crippen LogP contribution is -1.89. The van der Waals surface area contributed by atoms with Crippen molar-refractivity contribution in [1.82, 2.24) is 14.4 Å². The van der Waals surface area contributed by atoms with Crippen molar-refractivity contribution < 1.29 is 0 Å². The molecule has 1 aromatic carbocycles. The molecule has 0 spiro atoms. The van der Waals surface area contributed by atoms with Gasteiger partial charge in [-0.1, -0.05) is 18.2 Å². The van der Waals surface area contributed by atoms with Crippen molar-refractivity contribution in [3.05, 3.63) is 73.2 Å². The summed E-state index contributed by atoms with van der Waals surface area (Å²) in [4.78, 5) is 10.2. The van der Waals surface area contributed by atoms with E-state index in [1.807, 2.05) is 42.7 Å². The zero-order valence-electron chi connectivity index (χ0n) is 12.7. The minimum atomic E-state index is 0.947. The number of hydrogen-bond acceptors (Lipinski definition) is 3. The second kappa shape index (κ2) is 5.89. The molecule has 0 unspecified atom stereocenters. The average Bonchev–Trinajstić information content (AvgIpc) is 3.02. The molecule has 0 amide bonds. The highest BCUT2D eigenvalue weighted by Gasteiger charge is 2.15. The highest BCUT2D eigenvalue weighted by molar-refractivity contribution is 7.98. The predicted octanol–water partition coefficient (Wildman–Crippen LogP) is 4.79. The first-order valence-electron chi connectivity index (χ1n) is 7.39. The van der Waals surface area contributed by atoms with Gasteiger partial charge in [0.05, 0.1) is 11.4 Å². The monoisotopic (exact) mass is 317 g/mol. The molecule has 112 valence electrons. The minimum absolute atomic E-state index is 0.947. The smallest absolute Gasteiger partial charge is 0.137 e. The number of thioether (sulfide) groups is 1. The summed E-state index contributed by atoms with van der Waals surface area (Å²) in [7, 11) is 0. The summed E-state index contributed by atoms with van der Waals surface area (Å²) in [6.45, 7) is 0. The summed E-state index contributed by atoms with van der Waals surface area (Å²) in [5.74, 6) is 0. The Labute approximate surface area is 139 Å². The summed E-state index contributed by atoms with van der Waals surface area (Å²) >= 11 is 1.74. The van der Waals surface area contributed by atoms with Crippen LogP contribution in [-0.4, -0.2) is 20.6 Å². The summed E-state index contributed by atoms with van der Waals surface area (Å²) in [6, 6.07) is 18.7. The van der Waals surface area contributed by atoms with E-state index in [-0.39, 0.29) is 0 Å². The molecular weight excluding hydrogens is 302 g/mol. The topological polar surface area (TPSA) is 30.2 Å². The third kappa shape index (κ3) is 2.51. The maximum atomic E-state index is 4.85. The first-order chi connectivity index (χ1) is 11.4. The molecule has 3 aromatic heterocycles. The van der Waals surface area contributed by atoms with Gasteiger partial charge in [0.25, 0.3) is 0 Å². The second-order valence-corrected chi connectivity index (χ2v) is 6.08. The molecule has 0 N–H and O–H groups in total. The van der Waals surface area contributed by atoms with E-state index in [1.54, 1.807) is 11.8 Å². The molecule has 0 atom stereocenters. The van der Waals surface area contributed by atoms with Crippen LogP contribution in [0, 0.1) is 0 Å². The van der Waals surface area contributed by atoms with Crippen molar-refractivity contribution in [1.29, 1.82) is 0 Å². The molecule has 4 rings (SSSR count). The minimum Gasteiger partial charge on any atom is -0.299 e. The molecule has 0 fully saturated rings. The Morgan fingerprint density at radius 3 is 2.39 bits per heavy atom. The number of fused-ring (bicyclic) bond motifs is 1. The van der Waals surface area contributed by atoms with Crippen molar-refractivity contribution >= 4 is 17.4 Å². The largest absolute Gasteiger partial charge is 0.299 e. The Kier molecular flexibility index (Phi) is 3.60. The second-order valence-electron chi connectivity index (χ2n) is 5.20. The molecule has 0 aliphatic heterocycles. The van der Waals surface area contributed by atoms with Crippen LogP contribution in [0.4, 0.5) is 0 Å². The number of hydrogen-bond donors (Lipinski definition) is 0. The van der Waals surface area contributed by atoms with Crippen LogP contribution in [0.2, 0.25) is 0 Å². The Morgan fingerprint density at radius 2 is 1.65 bits per heavy atom. The number of aromatic nitrogens is 3. The molecule has 0 saturated heterocycles. The van der Waals surface area contributed by atoms with Gasteiger partial charge in [0, 0.05) is 34.6 Å². The van der Waals surface area contributed by atoms with Crippen molar-refractivity contribution in [3.8, 4) is 22.5 Å². The fourth-order valence-corrected chi connectivity index (χ4v) is 3.14. The van der Waals surface area contributed by atoms with Crippen molar-refractivity contribution in [3.63, 3.8) is 0 Å². The molecular formula is C19H15N3S. The van der Waals surface area contributed by atoms with Crippen molar-refractivity contribution in [2.75, 3.05) is 6.26 Å². The molecule has 4 heteroatoms. The average molecular weight is 317 g/mol. The summed E-state index contributed by atoms with van der Waals surface area (Å²) in [6.07, 6.45) is 7.77. The van der Waals surface area contributed by atoms with Crippen LogP contribution < -0.4 is 0 Å². The van der Waals surface area contributed by atoms with Gasteiger partial charge in [0.2, 0.25) is 0 Å². The lowest BCUT2D eigenvalue weighted by atomic mass is 10.1. The standard InChI is InChI=1S/C19H15N3S/c1-23-16-7-5-14(6-8-16)18-19(15-9-11-20-12-10-15)22-13-3-2-4-17(22)21-18/h2-13H,1H3. The lowest BCUT2D eigenvalue weighted by molar-refractivity contribution is 1.19. The van der Waals surface area contributed by atoms with Crippen LogP contribution in [0.1, 0.15) is 0 Å². The van der Waals surface area contributed by atoms with Crippen LogP contribution in [0.15, 0.2) is 78.1 Å². The molecule has 0 radical (unpaired) electrons. The van der Waals surface area contributed by atoms with Gasteiger partial charge in [-0.15, -0.1) is 11.8 Å². The predicted molar refractivity (Wildman–Crippen MR) is 95.6 cm³/mol. The molecule has 0 saturated carbocycles. The van der Waals surface area contributed by atoms with Crippen LogP contribution in [0.25, 0.3) is 28.2 Å². The molecule has 3 nitrogen and oxygen atoms in total. The van der Waals surface area contributed by atoms with Gasteiger partial charge < -0.3 is 0 Å². The van der Waals surface area contributed by atoms with Gasteiger partial charge in [-0.3, -0.25) is 9.38 Å². The van der Waals surface area contributed by atoms with E-state index in [4.69, 9.17) is 4.98 Å². The van der Waals surface area contributed by atoms with E-state index in [2.05, 4.69) is 46.1 Å². The number of pyridine rings is 2. The quantitative estimate of drug-likeness (QED) is 0.509. The van der Waals surface area contributed by atoms with Gasteiger partial charge in [-0.05, 0) is 42.7 Å². The summed E-state index contributed by atoms with van der Waals surface area (Å²) < 4.78 is 2.13. The van der Waals surface area contributed by atoms with Crippen LogP contribution in [0.3, 0.4) is 0 Å². The molecule has 4 aromatic rings. The van der Waals surface area contributed by atoms with Gasteiger partial charge in [0.1, 0.15) is 5.65 Å². The fourth-order valence-electron chi connectivity index (χ4n) is 2.73. The Bertz CT molecular complexity index is 943. The van der Waals surface area contributed by atoms with E-state index < -0.39 is 0 Å². The van der Waals surface area contributed by atoms with Gasteiger partial charge in [-0.2, -0.15) is 0 Å². The van der Waals surface area contributed by atoms with Gasteiger partial charge >= 0.3 is 0 Å². The van der Waals surface area contributed by atoms with Crippen molar-refractivity contribution in [2.45, 2.75) is 4.90 Å². The Balaban J connectivity index is 1.98. The first kappa shape index (κ1) is 14.0. The number of rotatable bonds is 3. The lowest BCUT2D eigenvalue weighted by Gasteiger charge is -2.06. The van der Waals surface area contributed by atoms with Crippen molar-refractivity contribution in [2.24, 2.45) is 0 Å². The Morgan fingerprint density at radius 1 is 0.870 bits per heavy atom. The summed E-state index contributed by atoms with van der Waals surface area (Å²) in [5, 5.41) is 0. The number of imidazole rings is 1. The SMILES string of the molecule is CSc1ccc(-c2nc3ccccn3c2-c2ccncc2)cc1. The third-order valence-corrected chi connectivity index (χ3v) is 4.59. The normalized spacial score (nSPS) is 11.0. The molecule has 0 bridgehead atoms. The molecule has 23 heavy (non-hydrogen) atoms. The number of benzene rings is 1. The van der Waals surface area contributed by atoms with Gasteiger partial charge in [0.15, 0.2) is 0 Å². The van der Waals surface area contributed by atoms with Crippen LogP contribution in [0.5, 0.6) is 0 Å². The molecule has 0 aliphatic rings. The van der Waals surface area contributed by atoms with E-state index >= 15 is 0 Å². The maximum Gasteiger partial charge on any atom is 0.137 e.